The van der Waals surface area contributed by atoms with Crippen LogP contribution in [0.1, 0.15) is 17.6 Å². The number of aryl methyl sites for hydroxylation is 1. The molecule has 2 aromatic heterocycles. The van der Waals surface area contributed by atoms with Gasteiger partial charge in [-0.05, 0) is 36.5 Å². The molecule has 0 aliphatic carbocycles. The van der Waals surface area contributed by atoms with Gasteiger partial charge in [0.15, 0.2) is 0 Å². The highest BCUT2D eigenvalue weighted by Crippen LogP contribution is 2.17. The molecule has 0 fully saturated rings. The molecule has 0 bridgehead atoms. The number of nitrogens with one attached hydrogen (secondary N) is 1. The fraction of sp³-hybridized carbons (Fsp3) is 0.353. The topological polar surface area (TPSA) is 29.9 Å². The second-order valence-corrected chi connectivity index (χ2v) is 6.35. The molecule has 0 aliphatic heterocycles. The van der Waals surface area contributed by atoms with Crippen molar-refractivity contribution in [2.45, 2.75) is 25.8 Å². The van der Waals surface area contributed by atoms with E-state index >= 15 is 0 Å². The van der Waals surface area contributed by atoms with Crippen molar-refractivity contribution >= 4 is 22.4 Å². The molecule has 0 aliphatic rings. The van der Waals surface area contributed by atoms with Crippen molar-refractivity contribution < 1.29 is 0 Å². The Hall–Kier alpha value is -1.65. The van der Waals surface area contributed by atoms with E-state index in [1.165, 1.54) is 10.4 Å². The summed E-state index contributed by atoms with van der Waals surface area (Å²) >= 11 is 1.83. The monoisotopic (exact) mass is 299 g/mol. The van der Waals surface area contributed by atoms with Gasteiger partial charge in [-0.25, -0.2) is 4.98 Å². The second-order valence-electron chi connectivity index (χ2n) is 5.32. The molecule has 3 nitrogen and oxygen atoms in total. The van der Waals surface area contributed by atoms with E-state index < -0.39 is 0 Å². The highest BCUT2D eigenvalue weighted by Gasteiger charge is 2.15. The maximum atomic E-state index is 4.79. The van der Waals surface area contributed by atoms with Gasteiger partial charge in [0.25, 0.3) is 0 Å². The van der Waals surface area contributed by atoms with Crippen LogP contribution in [0.15, 0.2) is 41.8 Å². The summed E-state index contributed by atoms with van der Waals surface area (Å²) in [6.07, 6.45) is 2.02. The normalized spacial score (nSPS) is 12.9. The molecule has 4 heteroatoms. The predicted octanol–water partition coefficient (Wildman–Crippen LogP) is 3.40. The third-order valence-electron chi connectivity index (χ3n) is 3.83. The van der Waals surface area contributed by atoms with Crippen molar-refractivity contribution in [3.8, 4) is 0 Å². The Balaban J connectivity index is 1.82. The van der Waals surface area contributed by atoms with Gasteiger partial charge in [0.1, 0.15) is 5.82 Å². The molecule has 0 saturated heterocycles. The van der Waals surface area contributed by atoms with Crippen LogP contribution in [0.4, 0.5) is 0 Å². The average Bonchev–Trinajstić information content (AvgIpc) is 3.09. The molecule has 1 unspecified atom stereocenters. The number of nitrogens with zero attached hydrogens (tertiary/aromatic N) is 2. The van der Waals surface area contributed by atoms with Crippen LogP contribution in [0, 0.1) is 0 Å². The van der Waals surface area contributed by atoms with Gasteiger partial charge in [0.05, 0.1) is 11.0 Å². The number of fused-ring (bicyclic) bond motifs is 1. The lowest BCUT2D eigenvalue weighted by atomic mass is 10.1. The molecule has 0 spiro atoms. The Morgan fingerprint density at radius 1 is 1.19 bits per heavy atom. The van der Waals surface area contributed by atoms with Crippen molar-refractivity contribution in [1.82, 2.24) is 14.9 Å². The van der Waals surface area contributed by atoms with Gasteiger partial charge in [-0.15, -0.1) is 11.3 Å². The zero-order valence-corrected chi connectivity index (χ0v) is 13.4. The van der Waals surface area contributed by atoms with Crippen LogP contribution < -0.4 is 5.32 Å². The predicted molar refractivity (Wildman–Crippen MR) is 89.9 cm³/mol. The van der Waals surface area contributed by atoms with Gasteiger partial charge in [0, 0.05) is 24.4 Å². The first-order valence-corrected chi connectivity index (χ1v) is 8.32. The summed E-state index contributed by atoms with van der Waals surface area (Å²) in [5.74, 6) is 1.15. The Morgan fingerprint density at radius 2 is 2.05 bits per heavy atom. The molecule has 21 heavy (non-hydrogen) atoms. The lowest BCUT2D eigenvalue weighted by Gasteiger charge is -2.17. The van der Waals surface area contributed by atoms with Gasteiger partial charge < -0.3 is 9.88 Å². The van der Waals surface area contributed by atoms with E-state index in [2.05, 4.69) is 59.6 Å². The summed E-state index contributed by atoms with van der Waals surface area (Å²) in [6, 6.07) is 13.1. The largest absolute Gasteiger partial charge is 0.331 e. The summed E-state index contributed by atoms with van der Waals surface area (Å²) in [5, 5.41) is 5.74. The van der Waals surface area contributed by atoms with E-state index in [0.29, 0.717) is 6.04 Å². The Labute approximate surface area is 129 Å². The van der Waals surface area contributed by atoms with E-state index in [9.17, 15) is 0 Å². The van der Waals surface area contributed by atoms with E-state index in [1.54, 1.807) is 0 Å². The number of thiophene rings is 1. The maximum absolute atomic E-state index is 4.79. The van der Waals surface area contributed by atoms with E-state index in [4.69, 9.17) is 4.98 Å². The van der Waals surface area contributed by atoms with Crippen LogP contribution in [-0.4, -0.2) is 22.1 Å². The number of rotatable bonds is 6. The fourth-order valence-electron chi connectivity index (χ4n) is 2.78. The SMILES string of the molecule is CCNC(Cc1cccs1)Cc1nc2ccccc2n1C. The molecular formula is C17H21N3S. The number of likely N-dealkylation sites (N-methyl/N-ethyl adjacent to an activating group) is 1. The third-order valence-corrected chi connectivity index (χ3v) is 4.73. The van der Waals surface area contributed by atoms with Crippen molar-refractivity contribution in [3.05, 3.63) is 52.5 Å². The molecule has 110 valence electrons. The van der Waals surface area contributed by atoms with E-state index in [1.807, 2.05) is 17.4 Å². The van der Waals surface area contributed by atoms with Crippen LogP contribution >= 0.6 is 11.3 Å². The minimum Gasteiger partial charge on any atom is -0.331 e. The molecule has 1 aromatic carbocycles. The van der Waals surface area contributed by atoms with Crippen molar-refractivity contribution in [3.63, 3.8) is 0 Å². The van der Waals surface area contributed by atoms with Crippen LogP contribution in [-0.2, 0) is 19.9 Å². The zero-order valence-electron chi connectivity index (χ0n) is 12.5. The van der Waals surface area contributed by atoms with Gasteiger partial charge in [-0.2, -0.15) is 0 Å². The van der Waals surface area contributed by atoms with Crippen molar-refractivity contribution in [2.24, 2.45) is 7.05 Å². The molecule has 2 heterocycles. The smallest absolute Gasteiger partial charge is 0.111 e. The van der Waals surface area contributed by atoms with Crippen LogP contribution in [0.25, 0.3) is 11.0 Å². The first-order chi connectivity index (χ1) is 10.3. The summed E-state index contributed by atoms with van der Waals surface area (Å²) in [4.78, 5) is 6.22. The van der Waals surface area contributed by atoms with Crippen LogP contribution in [0.3, 0.4) is 0 Å². The van der Waals surface area contributed by atoms with Crippen LogP contribution in [0.2, 0.25) is 0 Å². The minimum atomic E-state index is 0.434. The number of hydrogen-bond acceptors (Lipinski definition) is 3. The summed E-state index contributed by atoms with van der Waals surface area (Å²) in [5.41, 5.74) is 2.29. The number of hydrogen-bond donors (Lipinski definition) is 1. The molecular weight excluding hydrogens is 278 g/mol. The van der Waals surface area contributed by atoms with Gasteiger partial charge in [-0.3, -0.25) is 0 Å². The Morgan fingerprint density at radius 3 is 2.76 bits per heavy atom. The summed E-state index contributed by atoms with van der Waals surface area (Å²) in [7, 11) is 2.11. The van der Waals surface area contributed by atoms with Crippen molar-refractivity contribution in [2.75, 3.05) is 6.54 Å². The van der Waals surface area contributed by atoms with E-state index in [-0.39, 0.29) is 0 Å². The maximum Gasteiger partial charge on any atom is 0.111 e. The minimum absolute atomic E-state index is 0.434. The molecule has 1 N–H and O–H groups in total. The number of para-hydroxylation sites is 2. The Kier molecular flexibility index (Phi) is 4.36. The molecule has 0 amide bonds. The van der Waals surface area contributed by atoms with Crippen molar-refractivity contribution in [1.29, 1.82) is 0 Å². The first kappa shape index (κ1) is 14.3. The van der Waals surface area contributed by atoms with E-state index in [0.717, 1.165) is 30.7 Å². The quantitative estimate of drug-likeness (QED) is 0.756. The molecule has 0 radical (unpaired) electrons. The standard InChI is InChI=1S/C17H21N3S/c1-3-18-13(11-14-7-6-10-21-14)12-17-19-15-8-4-5-9-16(15)20(17)2/h4-10,13,18H,3,11-12H2,1-2H3. The average molecular weight is 299 g/mol. The zero-order chi connectivity index (χ0) is 14.7. The second kappa shape index (κ2) is 6.41. The highest BCUT2D eigenvalue weighted by molar-refractivity contribution is 7.09. The Bertz CT molecular complexity index is 700. The summed E-state index contributed by atoms with van der Waals surface area (Å²) < 4.78 is 2.22. The number of benzene rings is 1. The highest BCUT2D eigenvalue weighted by atomic mass is 32.1. The molecule has 0 saturated carbocycles. The number of aromatic nitrogens is 2. The molecule has 1 atom stereocenters. The molecule has 3 aromatic rings. The lowest BCUT2D eigenvalue weighted by Crippen LogP contribution is -2.33. The third kappa shape index (κ3) is 3.17. The number of imidazole rings is 1. The lowest BCUT2D eigenvalue weighted by molar-refractivity contribution is 0.508. The fourth-order valence-corrected chi connectivity index (χ4v) is 3.56. The van der Waals surface area contributed by atoms with Gasteiger partial charge >= 0.3 is 0 Å². The molecule has 3 rings (SSSR count). The first-order valence-electron chi connectivity index (χ1n) is 7.44. The van der Waals surface area contributed by atoms with Crippen LogP contribution in [0.5, 0.6) is 0 Å². The van der Waals surface area contributed by atoms with Gasteiger partial charge in [0.2, 0.25) is 0 Å². The summed E-state index contributed by atoms with van der Waals surface area (Å²) in [6.45, 7) is 3.15. The van der Waals surface area contributed by atoms with Gasteiger partial charge in [-0.1, -0.05) is 25.1 Å².